The van der Waals surface area contributed by atoms with Crippen LogP contribution in [0, 0.1) is 17.6 Å². The number of benzene rings is 3. The SMILES string of the molecule is NC(=O)c1ccc(OCCO)c(F)c1-c1c(Cl)c(F)cc2c1C[C@@](CNC1CC(CO)C1)(c1ccccc1)O2. The minimum atomic E-state index is -0.978. The Labute approximate surface area is 229 Å². The van der Waals surface area contributed by atoms with Gasteiger partial charge in [-0.2, -0.15) is 0 Å². The van der Waals surface area contributed by atoms with E-state index in [1.54, 1.807) is 0 Å². The van der Waals surface area contributed by atoms with E-state index in [1.807, 2.05) is 30.3 Å². The maximum absolute atomic E-state index is 15.9. The summed E-state index contributed by atoms with van der Waals surface area (Å²) >= 11 is 6.48. The minimum Gasteiger partial charge on any atom is -0.488 e. The fraction of sp³-hybridized carbons (Fsp3) is 0.345. The van der Waals surface area contributed by atoms with E-state index in [9.17, 15) is 9.90 Å². The van der Waals surface area contributed by atoms with Gasteiger partial charge in [-0.15, -0.1) is 0 Å². The number of nitrogens with one attached hydrogen (secondary N) is 1. The lowest BCUT2D eigenvalue weighted by molar-refractivity contribution is 0.0680. The zero-order valence-corrected chi connectivity index (χ0v) is 21.8. The Kier molecular flexibility index (Phi) is 7.77. The Balaban J connectivity index is 1.62. The molecule has 0 bridgehead atoms. The number of aliphatic hydroxyl groups is 2. The van der Waals surface area contributed by atoms with Crippen LogP contribution in [-0.2, 0) is 12.0 Å². The molecule has 0 unspecified atom stereocenters. The number of carbonyl (C=O) groups is 1. The molecule has 3 aromatic carbocycles. The van der Waals surface area contributed by atoms with E-state index < -0.39 is 23.1 Å². The molecule has 1 amide bonds. The number of rotatable bonds is 10. The highest BCUT2D eigenvalue weighted by Crippen LogP contribution is 2.50. The van der Waals surface area contributed by atoms with Gasteiger partial charge in [-0.05, 0) is 36.5 Å². The second kappa shape index (κ2) is 11.1. The van der Waals surface area contributed by atoms with Gasteiger partial charge >= 0.3 is 0 Å². The van der Waals surface area contributed by atoms with Crippen molar-refractivity contribution >= 4 is 17.5 Å². The van der Waals surface area contributed by atoms with Gasteiger partial charge in [0.25, 0.3) is 0 Å². The first kappa shape index (κ1) is 27.3. The van der Waals surface area contributed by atoms with Crippen molar-refractivity contribution in [3.63, 3.8) is 0 Å². The minimum absolute atomic E-state index is 0.0331. The lowest BCUT2D eigenvalue weighted by Crippen LogP contribution is -2.50. The summed E-state index contributed by atoms with van der Waals surface area (Å²) in [5.41, 5.74) is 5.35. The van der Waals surface area contributed by atoms with Crippen LogP contribution in [0.15, 0.2) is 48.5 Å². The number of amides is 1. The van der Waals surface area contributed by atoms with Crippen molar-refractivity contribution in [1.82, 2.24) is 5.32 Å². The molecular formula is C29H29ClF2N2O5. The summed E-state index contributed by atoms with van der Waals surface area (Å²) in [5.74, 6) is -2.53. The van der Waals surface area contributed by atoms with Crippen LogP contribution in [0.25, 0.3) is 11.1 Å². The van der Waals surface area contributed by atoms with Gasteiger partial charge in [0, 0.05) is 48.4 Å². The van der Waals surface area contributed by atoms with E-state index in [2.05, 4.69) is 5.32 Å². The molecule has 7 nitrogen and oxygen atoms in total. The summed E-state index contributed by atoms with van der Waals surface area (Å²) in [6.07, 6.45) is 1.85. The van der Waals surface area contributed by atoms with Crippen molar-refractivity contribution in [1.29, 1.82) is 0 Å². The van der Waals surface area contributed by atoms with E-state index in [0.717, 1.165) is 18.4 Å². The lowest BCUT2D eigenvalue weighted by atomic mass is 9.80. The molecule has 0 saturated heterocycles. The van der Waals surface area contributed by atoms with Crippen molar-refractivity contribution in [3.05, 3.63) is 81.9 Å². The van der Waals surface area contributed by atoms with Crippen molar-refractivity contribution in [2.45, 2.75) is 30.9 Å². The van der Waals surface area contributed by atoms with Crippen molar-refractivity contribution in [2.24, 2.45) is 11.7 Å². The third-order valence-electron chi connectivity index (χ3n) is 7.49. The molecule has 1 fully saturated rings. The number of hydrogen-bond donors (Lipinski definition) is 4. The molecule has 39 heavy (non-hydrogen) atoms. The standard InChI is InChI=1S/C29H29ClF2N2O5/c30-26-21(31)12-23-20(24(26)25-19(28(33)37)6-7-22(27(25)32)38-9-8-35)13-29(39-23,17-4-2-1-3-5-17)15-34-18-10-16(11-18)14-36/h1-7,12,16,18,34-36H,8-11,13-15H2,(H2,33,37)/t16?,18?,29-/m1/s1. The van der Waals surface area contributed by atoms with Crippen LogP contribution in [0.2, 0.25) is 5.02 Å². The summed E-state index contributed by atoms with van der Waals surface area (Å²) in [6.45, 7) is -0.0493. The number of halogens is 3. The van der Waals surface area contributed by atoms with Gasteiger partial charge in [-0.3, -0.25) is 4.79 Å². The number of hydrogen-bond acceptors (Lipinski definition) is 6. The molecule has 5 rings (SSSR count). The third kappa shape index (κ3) is 5.07. The highest BCUT2D eigenvalue weighted by atomic mass is 35.5. The first-order valence-electron chi connectivity index (χ1n) is 12.7. The van der Waals surface area contributed by atoms with Crippen LogP contribution < -0.4 is 20.5 Å². The molecule has 0 aromatic heterocycles. The zero-order chi connectivity index (χ0) is 27.7. The number of fused-ring (bicyclic) bond motifs is 1. The predicted molar refractivity (Wildman–Crippen MR) is 142 cm³/mol. The van der Waals surface area contributed by atoms with E-state index in [0.29, 0.717) is 12.1 Å². The second-order valence-corrected chi connectivity index (χ2v) is 10.4. The smallest absolute Gasteiger partial charge is 0.249 e. The molecule has 1 heterocycles. The molecule has 206 valence electrons. The molecule has 1 atom stereocenters. The number of nitrogens with two attached hydrogens (primary N) is 1. The van der Waals surface area contributed by atoms with Crippen LogP contribution in [-0.4, -0.2) is 48.5 Å². The fourth-order valence-electron chi connectivity index (χ4n) is 5.44. The Morgan fingerprint density at radius 1 is 1.15 bits per heavy atom. The van der Waals surface area contributed by atoms with Gasteiger partial charge in [0.15, 0.2) is 17.2 Å². The van der Waals surface area contributed by atoms with Crippen LogP contribution >= 0.6 is 11.6 Å². The number of carbonyl (C=O) groups excluding carboxylic acids is 1. The van der Waals surface area contributed by atoms with Gasteiger partial charge in [0.2, 0.25) is 5.91 Å². The molecule has 2 aliphatic rings. The largest absolute Gasteiger partial charge is 0.488 e. The molecule has 10 heteroatoms. The van der Waals surface area contributed by atoms with E-state index >= 15 is 8.78 Å². The molecule has 5 N–H and O–H groups in total. The first-order chi connectivity index (χ1) is 18.8. The molecule has 0 spiro atoms. The van der Waals surface area contributed by atoms with E-state index in [-0.39, 0.29) is 71.4 Å². The number of ether oxygens (including phenoxy) is 2. The molecule has 1 aliphatic carbocycles. The Morgan fingerprint density at radius 2 is 1.90 bits per heavy atom. The molecule has 1 saturated carbocycles. The van der Waals surface area contributed by atoms with Gasteiger partial charge in [0.1, 0.15) is 18.2 Å². The first-order valence-corrected chi connectivity index (χ1v) is 13.1. The quantitative estimate of drug-likeness (QED) is 0.300. The van der Waals surface area contributed by atoms with Gasteiger partial charge in [-0.25, -0.2) is 8.78 Å². The normalized spacial score (nSPS) is 21.7. The van der Waals surface area contributed by atoms with Gasteiger partial charge in [0.05, 0.1) is 17.2 Å². The Bertz CT molecular complexity index is 1380. The topological polar surface area (TPSA) is 114 Å². The van der Waals surface area contributed by atoms with Crippen LogP contribution in [0.1, 0.15) is 34.3 Å². The summed E-state index contributed by atoms with van der Waals surface area (Å²) in [7, 11) is 0. The summed E-state index contributed by atoms with van der Waals surface area (Å²) < 4.78 is 42.9. The summed E-state index contributed by atoms with van der Waals surface area (Å²) in [4.78, 5) is 12.4. The van der Waals surface area contributed by atoms with E-state index in [4.69, 9.17) is 31.9 Å². The summed E-state index contributed by atoms with van der Waals surface area (Å²) in [5, 5.41) is 21.7. The Hall–Kier alpha value is -3.24. The van der Waals surface area contributed by atoms with Crippen LogP contribution in [0.5, 0.6) is 11.5 Å². The highest BCUT2D eigenvalue weighted by molar-refractivity contribution is 6.34. The van der Waals surface area contributed by atoms with Gasteiger partial charge < -0.3 is 30.7 Å². The van der Waals surface area contributed by atoms with Crippen molar-refractivity contribution < 1.29 is 33.3 Å². The van der Waals surface area contributed by atoms with Crippen molar-refractivity contribution in [2.75, 3.05) is 26.4 Å². The molecule has 0 radical (unpaired) electrons. The molecular weight excluding hydrogens is 530 g/mol. The van der Waals surface area contributed by atoms with Gasteiger partial charge in [-0.1, -0.05) is 41.9 Å². The molecule has 3 aromatic rings. The lowest BCUT2D eigenvalue weighted by Gasteiger charge is -2.38. The third-order valence-corrected chi connectivity index (χ3v) is 7.86. The zero-order valence-electron chi connectivity index (χ0n) is 21.1. The highest BCUT2D eigenvalue weighted by Gasteiger charge is 2.45. The van der Waals surface area contributed by atoms with Crippen LogP contribution in [0.4, 0.5) is 8.78 Å². The monoisotopic (exact) mass is 558 g/mol. The van der Waals surface area contributed by atoms with E-state index in [1.165, 1.54) is 18.2 Å². The average Bonchev–Trinajstić information content (AvgIpc) is 3.27. The summed E-state index contributed by atoms with van der Waals surface area (Å²) in [6, 6.07) is 13.3. The molecule has 1 aliphatic heterocycles. The predicted octanol–water partition coefficient (Wildman–Crippen LogP) is 3.95. The Morgan fingerprint density at radius 3 is 2.56 bits per heavy atom. The maximum Gasteiger partial charge on any atom is 0.249 e. The number of aliphatic hydroxyl groups excluding tert-OH is 2. The number of primary amides is 1. The second-order valence-electron chi connectivity index (χ2n) is 10.00. The van der Waals surface area contributed by atoms with Crippen molar-refractivity contribution in [3.8, 4) is 22.6 Å². The van der Waals surface area contributed by atoms with Crippen LogP contribution in [0.3, 0.4) is 0 Å². The fourth-order valence-corrected chi connectivity index (χ4v) is 5.70. The maximum atomic E-state index is 15.9. The average molecular weight is 559 g/mol.